The lowest BCUT2D eigenvalue weighted by molar-refractivity contribution is -0.129. The Morgan fingerprint density at radius 2 is 1.92 bits per heavy atom. The molecule has 1 amide bonds. The Labute approximate surface area is 152 Å². The van der Waals surface area contributed by atoms with E-state index in [1.54, 1.807) is 24.3 Å². The van der Waals surface area contributed by atoms with Gasteiger partial charge in [0.1, 0.15) is 5.76 Å². The van der Waals surface area contributed by atoms with Crippen LogP contribution in [-0.4, -0.2) is 31.2 Å². The Balaban J connectivity index is 1.96. The molecule has 7 nitrogen and oxygen atoms in total. The molecule has 0 fully saturated rings. The number of amides is 1. The maximum absolute atomic E-state index is 12.3. The number of esters is 1. The van der Waals surface area contributed by atoms with Crippen LogP contribution >= 0.6 is 0 Å². The van der Waals surface area contributed by atoms with Crippen LogP contribution in [0.4, 0.5) is 0 Å². The number of carbonyl (C=O) groups is 2. The molecule has 0 radical (unpaired) electrons. The average Bonchev–Trinajstić information content (AvgIpc) is 3.12. The molecule has 140 valence electrons. The zero-order valence-electron chi connectivity index (χ0n) is 15.3. The highest BCUT2D eigenvalue weighted by molar-refractivity contribution is 5.92. The third-order valence-corrected chi connectivity index (χ3v) is 3.43. The molecule has 2 aromatic rings. The Hall–Kier alpha value is -2.96. The lowest BCUT2D eigenvalue weighted by Crippen LogP contribution is -2.35. The Bertz CT molecular complexity index is 738. The van der Waals surface area contributed by atoms with Crippen LogP contribution in [0.25, 0.3) is 0 Å². The lowest BCUT2D eigenvalue weighted by Gasteiger charge is -2.16. The summed E-state index contributed by atoms with van der Waals surface area (Å²) >= 11 is 0. The minimum atomic E-state index is -0.949. The van der Waals surface area contributed by atoms with Crippen LogP contribution < -0.4 is 14.8 Å². The fourth-order valence-electron chi connectivity index (χ4n) is 2.16. The number of methoxy groups -OCH3 is 1. The second-order valence-corrected chi connectivity index (χ2v) is 5.88. The first kappa shape index (κ1) is 19.4. The van der Waals surface area contributed by atoms with Crippen molar-refractivity contribution in [2.45, 2.75) is 39.5 Å². The van der Waals surface area contributed by atoms with Crippen molar-refractivity contribution in [2.75, 3.05) is 7.11 Å². The first-order chi connectivity index (χ1) is 12.4. The summed E-state index contributed by atoms with van der Waals surface area (Å²) < 4.78 is 21.2. The van der Waals surface area contributed by atoms with E-state index in [1.807, 2.05) is 13.8 Å². The van der Waals surface area contributed by atoms with Crippen LogP contribution in [0.3, 0.4) is 0 Å². The molecule has 0 aliphatic heterocycles. The van der Waals surface area contributed by atoms with Crippen molar-refractivity contribution in [1.82, 2.24) is 5.32 Å². The van der Waals surface area contributed by atoms with Gasteiger partial charge in [-0.1, -0.05) is 0 Å². The number of furan rings is 1. The molecule has 1 heterocycles. The van der Waals surface area contributed by atoms with Gasteiger partial charge in [-0.25, -0.2) is 4.79 Å². The molecule has 0 spiro atoms. The van der Waals surface area contributed by atoms with Gasteiger partial charge >= 0.3 is 5.97 Å². The number of benzene rings is 1. The number of rotatable bonds is 8. The third kappa shape index (κ3) is 5.27. The van der Waals surface area contributed by atoms with Gasteiger partial charge in [-0.15, -0.1) is 0 Å². The molecule has 26 heavy (non-hydrogen) atoms. The molecule has 2 rings (SSSR count). The van der Waals surface area contributed by atoms with Crippen molar-refractivity contribution in [2.24, 2.45) is 0 Å². The Kier molecular flexibility index (Phi) is 6.66. The van der Waals surface area contributed by atoms with Gasteiger partial charge in [0, 0.05) is 0 Å². The second kappa shape index (κ2) is 8.94. The summed E-state index contributed by atoms with van der Waals surface area (Å²) in [7, 11) is 1.49. The predicted molar refractivity (Wildman–Crippen MR) is 94.2 cm³/mol. The normalized spacial score (nSPS) is 11.7. The highest BCUT2D eigenvalue weighted by Gasteiger charge is 2.20. The smallest absolute Gasteiger partial charge is 0.339 e. The van der Waals surface area contributed by atoms with E-state index in [4.69, 9.17) is 18.6 Å². The summed E-state index contributed by atoms with van der Waals surface area (Å²) in [6.07, 6.45) is 0.542. The van der Waals surface area contributed by atoms with Gasteiger partial charge < -0.3 is 23.9 Å². The summed E-state index contributed by atoms with van der Waals surface area (Å²) in [6.45, 7) is 5.51. The van der Waals surface area contributed by atoms with E-state index in [0.717, 1.165) is 0 Å². The molecule has 1 aromatic carbocycles. The SMILES string of the molecule is COc1cc(C(=O)OC(C)C(=O)NCc2ccco2)ccc1OC(C)C. The highest BCUT2D eigenvalue weighted by atomic mass is 16.5. The van der Waals surface area contributed by atoms with Gasteiger partial charge in [0.05, 0.1) is 31.6 Å². The maximum Gasteiger partial charge on any atom is 0.339 e. The minimum Gasteiger partial charge on any atom is -0.493 e. The topological polar surface area (TPSA) is 87.0 Å². The summed E-state index contributed by atoms with van der Waals surface area (Å²) in [5.74, 6) is 0.523. The van der Waals surface area contributed by atoms with E-state index >= 15 is 0 Å². The second-order valence-electron chi connectivity index (χ2n) is 5.88. The lowest BCUT2D eigenvalue weighted by atomic mass is 10.2. The van der Waals surface area contributed by atoms with Crippen LogP contribution in [0.2, 0.25) is 0 Å². The van der Waals surface area contributed by atoms with Crippen molar-refractivity contribution in [3.8, 4) is 11.5 Å². The van der Waals surface area contributed by atoms with E-state index in [2.05, 4.69) is 5.32 Å². The number of ether oxygens (including phenoxy) is 3. The minimum absolute atomic E-state index is 0.0282. The van der Waals surface area contributed by atoms with Crippen molar-refractivity contribution >= 4 is 11.9 Å². The van der Waals surface area contributed by atoms with Crippen LogP contribution in [0, 0.1) is 0 Å². The van der Waals surface area contributed by atoms with Crippen molar-refractivity contribution in [1.29, 1.82) is 0 Å². The summed E-state index contributed by atoms with van der Waals surface area (Å²) in [5, 5.41) is 2.64. The Morgan fingerprint density at radius 1 is 1.15 bits per heavy atom. The van der Waals surface area contributed by atoms with E-state index in [1.165, 1.54) is 26.4 Å². The number of nitrogens with one attached hydrogen (secondary N) is 1. The van der Waals surface area contributed by atoms with Crippen molar-refractivity contribution in [3.63, 3.8) is 0 Å². The number of hydrogen-bond donors (Lipinski definition) is 1. The zero-order chi connectivity index (χ0) is 19.1. The van der Waals surface area contributed by atoms with Crippen molar-refractivity contribution in [3.05, 3.63) is 47.9 Å². The summed E-state index contributed by atoms with van der Waals surface area (Å²) in [5.41, 5.74) is 0.267. The van der Waals surface area contributed by atoms with Crippen LogP contribution in [0.1, 0.15) is 36.9 Å². The zero-order valence-corrected chi connectivity index (χ0v) is 15.3. The van der Waals surface area contributed by atoms with Gasteiger partial charge in [0.15, 0.2) is 17.6 Å². The Morgan fingerprint density at radius 3 is 2.54 bits per heavy atom. The molecule has 0 saturated heterocycles. The van der Waals surface area contributed by atoms with Gasteiger partial charge in [-0.3, -0.25) is 4.79 Å². The summed E-state index contributed by atoms with van der Waals surface area (Å²) in [6, 6.07) is 8.19. The molecule has 0 aliphatic carbocycles. The van der Waals surface area contributed by atoms with Crippen LogP contribution in [-0.2, 0) is 16.1 Å². The molecule has 1 N–H and O–H groups in total. The highest BCUT2D eigenvalue weighted by Crippen LogP contribution is 2.29. The summed E-state index contributed by atoms with van der Waals surface area (Å²) in [4.78, 5) is 24.3. The number of hydrogen-bond acceptors (Lipinski definition) is 6. The van der Waals surface area contributed by atoms with Gasteiger partial charge in [0.2, 0.25) is 0 Å². The molecular weight excluding hydrogens is 338 g/mol. The van der Waals surface area contributed by atoms with E-state index < -0.39 is 18.0 Å². The monoisotopic (exact) mass is 361 g/mol. The number of carbonyl (C=O) groups excluding carboxylic acids is 2. The van der Waals surface area contributed by atoms with Gasteiger partial charge in [0.25, 0.3) is 5.91 Å². The molecule has 1 atom stereocenters. The van der Waals surface area contributed by atoms with E-state index in [0.29, 0.717) is 17.3 Å². The van der Waals surface area contributed by atoms with Crippen LogP contribution in [0.5, 0.6) is 11.5 Å². The standard InChI is InChI=1S/C19H23NO6/c1-12(2)25-16-8-7-14(10-17(16)23-4)19(22)26-13(3)18(21)20-11-15-6-5-9-24-15/h5-10,12-13H,11H2,1-4H3,(H,20,21). The molecule has 0 saturated carbocycles. The predicted octanol–water partition coefficient (Wildman–Crippen LogP) is 2.94. The first-order valence-corrected chi connectivity index (χ1v) is 8.26. The average molecular weight is 361 g/mol. The van der Waals surface area contributed by atoms with Crippen molar-refractivity contribution < 1.29 is 28.2 Å². The largest absolute Gasteiger partial charge is 0.493 e. The molecular formula is C19H23NO6. The molecule has 1 unspecified atom stereocenters. The van der Waals surface area contributed by atoms with Gasteiger partial charge in [-0.2, -0.15) is 0 Å². The molecule has 0 aliphatic rings. The maximum atomic E-state index is 12.3. The third-order valence-electron chi connectivity index (χ3n) is 3.43. The first-order valence-electron chi connectivity index (χ1n) is 8.26. The van der Waals surface area contributed by atoms with Crippen LogP contribution in [0.15, 0.2) is 41.0 Å². The van der Waals surface area contributed by atoms with Gasteiger partial charge in [-0.05, 0) is 51.1 Å². The molecule has 7 heteroatoms. The fraction of sp³-hybridized carbons (Fsp3) is 0.368. The fourth-order valence-corrected chi connectivity index (χ4v) is 2.16. The quantitative estimate of drug-likeness (QED) is 0.728. The molecule has 0 bridgehead atoms. The van der Waals surface area contributed by atoms with E-state index in [-0.39, 0.29) is 18.2 Å². The van der Waals surface area contributed by atoms with E-state index in [9.17, 15) is 9.59 Å². The molecule has 1 aromatic heterocycles.